The Balaban J connectivity index is 1.82. The highest BCUT2D eigenvalue weighted by Crippen LogP contribution is 2.24. The number of carbonyl (C=O) groups is 1. The minimum atomic E-state index is -0.678. The summed E-state index contributed by atoms with van der Waals surface area (Å²) in [5, 5.41) is 2.99. The van der Waals surface area contributed by atoms with Crippen LogP contribution in [0.3, 0.4) is 0 Å². The highest BCUT2D eigenvalue weighted by molar-refractivity contribution is 5.95. The van der Waals surface area contributed by atoms with Crippen molar-refractivity contribution in [2.75, 3.05) is 6.54 Å². The molecule has 0 unspecified atom stereocenters. The van der Waals surface area contributed by atoms with Crippen molar-refractivity contribution in [1.29, 1.82) is 0 Å². The van der Waals surface area contributed by atoms with E-state index in [4.69, 9.17) is 10.5 Å². The molecule has 166 valence electrons. The average molecular weight is 430 g/mol. The number of nitrogens with two attached hydrogens (primary N) is 1. The maximum atomic E-state index is 13.9. The van der Waals surface area contributed by atoms with Crippen LogP contribution in [0.5, 0.6) is 5.75 Å². The van der Waals surface area contributed by atoms with Crippen LogP contribution in [0.25, 0.3) is 5.65 Å². The first-order valence-corrected chi connectivity index (χ1v) is 10.5. The first-order valence-electron chi connectivity index (χ1n) is 10.5. The van der Waals surface area contributed by atoms with Crippen molar-refractivity contribution in [2.45, 2.75) is 52.2 Å². The van der Waals surface area contributed by atoms with Gasteiger partial charge < -0.3 is 15.8 Å². The first kappa shape index (κ1) is 22.7. The van der Waals surface area contributed by atoms with Crippen molar-refractivity contribution in [1.82, 2.24) is 14.7 Å². The number of carbonyl (C=O) groups excluding carboxylic acids is 1. The number of ether oxygens (including phenoxy) is 1. The van der Waals surface area contributed by atoms with Crippen LogP contribution >= 0.6 is 0 Å². The number of hydrogen-bond acceptors (Lipinski definition) is 4. The molecule has 2 aromatic heterocycles. The van der Waals surface area contributed by atoms with Gasteiger partial charge in [-0.3, -0.25) is 9.20 Å². The lowest BCUT2D eigenvalue weighted by atomic mass is 10.1. The molecule has 3 N–H and O–H groups in total. The van der Waals surface area contributed by atoms with Crippen molar-refractivity contribution >= 4 is 11.6 Å². The van der Waals surface area contributed by atoms with E-state index in [0.717, 1.165) is 25.7 Å². The normalized spacial score (nSPS) is 12.2. The lowest BCUT2D eigenvalue weighted by molar-refractivity contribution is 0.0929. The molecule has 0 aliphatic carbocycles. The molecule has 2 heterocycles. The highest BCUT2D eigenvalue weighted by atomic mass is 19.1. The lowest BCUT2D eigenvalue weighted by Crippen LogP contribution is -2.40. The summed E-state index contributed by atoms with van der Waals surface area (Å²) in [5.41, 5.74) is 6.97. The first-order chi connectivity index (χ1) is 15.0. The summed E-state index contributed by atoms with van der Waals surface area (Å²) in [6.45, 7) is 3.92. The van der Waals surface area contributed by atoms with Gasteiger partial charge in [0.15, 0.2) is 11.4 Å². The SMILES string of the molecule is CCCCC[C@H](CN)NC(=O)c1c(C)nc2c(OCc3c(F)cccc3F)cccn12. The number of aryl methyl sites for hydroxylation is 1. The number of unbranched alkanes of at least 4 members (excludes halogenated alkanes) is 2. The topological polar surface area (TPSA) is 81.6 Å². The maximum absolute atomic E-state index is 13.9. The second-order valence-corrected chi connectivity index (χ2v) is 7.50. The maximum Gasteiger partial charge on any atom is 0.270 e. The molecular weight excluding hydrogens is 402 g/mol. The van der Waals surface area contributed by atoms with E-state index in [1.54, 1.807) is 29.7 Å². The Hall–Kier alpha value is -3.00. The third kappa shape index (κ3) is 5.19. The fourth-order valence-electron chi connectivity index (χ4n) is 3.51. The molecule has 3 rings (SSSR count). The molecule has 0 saturated heterocycles. The van der Waals surface area contributed by atoms with Gasteiger partial charge in [0.05, 0.1) is 11.3 Å². The third-order valence-corrected chi connectivity index (χ3v) is 5.21. The number of hydrogen-bond donors (Lipinski definition) is 2. The lowest BCUT2D eigenvalue weighted by Gasteiger charge is -2.17. The average Bonchev–Trinajstić information content (AvgIpc) is 3.09. The van der Waals surface area contributed by atoms with Crippen LogP contribution in [0.1, 0.15) is 54.4 Å². The predicted molar refractivity (Wildman–Crippen MR) is 115 cm³/mol. The van der Waals surface area contributed by atoms with E-state index in [2.05, 4.69) is 17.2 Å². The Morgan fingerprint density at radius 2 is 1.97 bits per heavy atom. The fourth-order valence-corrected chi connectivity index (χ4v) is 3.51. The van der Waals surface area contributed by atoms with Crippen molar-refractivity contribution < 1.29 is 18.3 Å². The van der Waals surface area contributed by atoms with Crippen LogP contribution in [0.2, 0.25) is 0 Å². The summed E-state index contributed by atoms with van der Waals surface area (Å²) >= 11 is 0. The smallest absolute Gasteiger partial charge is 0.270 e. The molecule has 6 nitrogen and oxygen atoms in total. The summed E-state index contributed by atoms with van der Waals surface area (Å²) in [6.07, 6.45) is 5.70. The van der Waals surface area contributed by atoms with E-state index in [0.29, 0.717) is 29.3 Å². The molecule has 31 heavy (non-hydrogen) atoms. The zero-order chi connectivity index (χ0) is 22.4. The molecule has 0 spiro atoms. The third-order valence-electron chi connectivity index (χ3n) is 5.21. The molecule has 3 aromatic rings. The predicted octanol–water partition coefficient (Wildman–Crippen LogP) is 4.14. The Kier molecular flexibility index (Phi) is 7.57. The second kappa shape index (κ2) is 10.3. The van der Waals surface area contributed by atoms with Gasteiger partial charge in [-0.05, 0) is 37.6 Å². The number of fused-ring (bicyclic) bond motifs is 1. The minimum absolute atomic E-state index is 0.118. The van der Waals surface area contributed by atoms with E-state index >= 15 is 0 Å². The molecule has 1 atom stereocenters. The Bertz CT molecular complexity index is 1030. The Morgan fingerprint density at radius 3 is 2.65 bits per heavy atom. The van der Waals surface area contributed by atoms with Gasteiger partial charge in [-0.25, -0.2) is 13.8 Å². The number of imidazole rings is 1. The molecular formula is C23H28F2N4O2. The molecule has 0 bridgehead atoms. The van der Waals surface area contributed by atoms with Crippen LogP contribution in [-0.2, 0) is 6.61 Å². The van der Waals surface area contributed by atoms with E-state index in [1.807, 2.05) is 0 Å². The number of pyridine rings is 1. The van der Waals surface area contributed by atoms with Gasteiger partial charge in [-0.15, -0.1) is 0 Å². The van der Waals surface area contributed by atoms with Crippen molar-refractivity contribution in [3.63, 3.8) is 0 Å². The Labute approximate surface area is 180 Å². The molecule has 0 aliphatic heterocycles. The summed E-state index contributed by atoms with van der Waals surface area (Å²) in [6, 6.07) is 6.88. The van der Waals surface area contributed by atoms with Gasteiger partial charge in [0.2, 0.25) is 0 Å². The van der Waals surface area contributed by atoms with Crippen molar-refractivity contribution in [2.24, 2.45) is 5.73 Å². The number of amides is 1. The minimum Gasteiger partial charge on any atom is -0.485 e. The van der Waals surface area contributed by atoms with Gasteiger partial charge in [0.25, 0.3) is 5.91 Å². The van der Waals surface area contributed by atoms with Gasteiger partial charge in [0, 0.05) is 18.8 Å². The number of halogens is 2. The van der Waals surface area contributed by atoms with Crippen LogP contribution in [-0.4, -0.2) is 27.9 Å². The molecule has 1 aromatic carbocycles. The van der Waals surface area contributed by atoms with Crippen LogP contribution in [0, 0.1) is 18.6 Å². The largest absolute Gasteiger partial charge is 0.485 e. The van der Waals surface area contributed by atoms with Crippen LogP contribution < -0.4 is 15.8 Å². The van der Waals surface area contributed by atoms with Gasteiger partial charge >= 0.3 is 0 Å². The molecule has 0 radical (unpaired) electrons. The van der Waals surface area contributed by atoms with Gasteiger partial charge in [-0.2, -0.15) is 0 Å². The second-order valence-electron chi connectivity index (χ2n) is 7.50. The number of aromatic nitrogens is 2. The molecule has 1 amide bonds. The number of rotatable bonds is 10. The summed E-state index contributed by atoms with van der Waals surface area (Å²) in [5.74, 6) is -1.30. The monoisotopic (exact) mass is 430 g/mol. The number of nitrogens with zero attached hydrogens (tertiary/aromatic N) is 2. The summed E-state index contributed by atoms with van der Waals surface area (Å²) in [7, 11) is 0. The summed E-state index contributed by atoms with van der Waals surface area (Å²) < 4.78 is 35.1. The van der Waals surface area contributed by atoms with E-state index in [-0.39, 0.29) is 24.1 Å². The number of benzene rings is 1. The zero-order valence-electron chi connectivity index (χ0n) is 17.8. The quantitative estimate of drug-likeness (QED) is 0.474. The highest BCUT2D eigenvalue weighted by Gasteiger charge is 2.21. The summed E-state index contributed by atoms with van der Waals surface area (Å²) in [4.78, 5) is 17.4. The van der Waals surface area contributed by atoms with Crippen molar-refractivity contribution in [3.05, 3.63) is 65.1 Å². The van der Waals surface area contributed by atoms with Crippen LogP contribution in [0.15, 0.2) is 36.5 Å². The fraction of sp³-hybridized carbons (Fsp3) is 0.391. The zero-order valence-corrected chi connectivity index (χ0v) is 17.8. The Morgan fingerprint density at radius 1 is 1.23 bits per heavy atom. The molecule has 0 aliphatic rings. The molecule has 8 heteroatoms. The van der Waals surface area contributed by atoms with Gasteiger partial charge in [-0.1, -0.05) is 32.3 Å². The molecule has 0 saturated carbocycles. The van der Waals surface area contributed by atoms with Crippen molar-refractivity contribution in [3.8, 4) is 5.75 Å². The number of nitrogens with one attached hydrogen (secondary N) is 1. The van der Waals surface area contributed by atoms with E-state index < -0.39 is 11.6 Å². The molecule has 0 fully saturated rings. The van der Waals surface area contributed by atoms with Crippen LogP contribution in [0.4, 0.5) is 8.78 Å². The standard InChI is InChI=1S/C23H28F2N4O2/c1-3-4-5-8-16(13-26)28-23(30)21-15(2)27-22-20(11-7-12-29(21)22)31-14-17-18(24)9-6-10-19(17)25/h6-7,9-12,16H,3-5,8,13-14,26H2,1-2H3,(H,28,30)/t16-/m1/s1. The van der Waals surface area contributed by atoms with E-state index in [1.165, 1.54) is 18.2 Å². The van der Waals surface area contributed by atoms with Gasteiger partial charge in [0.1, 0.15) is 23.9 Å². The van der Waals surface area contributed by atoms with E-state index in [9.17, 15) is 13.6 Å².